The van der Waals surface area contributed by atoms with E-state index in [1.165, 1.54) is 4.90 Å². The largest absolute Gasteiger partial charge is 0.339 e. The smallest absolute Gasteiger partial charge is 0.253 e. The number of hydrogen-bond donors (Lipinski definition) is 0. The number of piperazine rings is 1. The predicted octanol–water partition coefficient (Wildman–Crippen LogP) is 3.91. The van der Waals surface area contributed by atoms with Gasteiger partial charge >= 0.3 is 0 Å². The second-order valence-corrected chi connectivity index (χ2v) is 8.78. The summed E-state index contributed by atoms with van der Waals surface area (Å²) >= 11 is 3.30. The topological polar surface area (TPSA) is 62.5 Å². The van der Waals surface area contributed by atoms with Crippen LogP contribution in [0.25, 0.3) is 10.7 Å². The van der Waals surface area contributed by atoms with Crippen LogP contribution < -0.4 is 0 Å². The number of aromatic nitrogens is 2. The first-order valence-electron chi connectivity index (χ1n) is 9.75. The lowest BCUT2D eigenvalue weighted by Gasteiger charge is -2.34. The summed E-state index contributed by atoms with van der Waals surface area (Å²) in [5, 5.41) is 6.07. The van der Waals surface area contributed by atoms with Gasteiger partial charge in [-0.25, -0.2) is 0 Å². The van der Waals surface area contributed by atoms with Crippen molar-refractivity contribution in [2.45, 2.75) is 17.7 Å². The number of rotatable bonds is 7. The Morgan fingerprint density at radius 2 is 1.97 bits per heavy atom. The highest BCUT2D eigenvalue weighted by Gasteiger charge is 2.22. The Labute approximate surface area is 178 Å². The molecular formula is C21H24N4O2S2. The van der Waals surface area contributed by atoms with E-state index in [9.17, 15) is 4.79 Å². The average Bonchev–Trinajstić information content (AvgIpc) is 3.46. The quantitative estimate of drug-likeness (QED) is 0.532. The molecule has 0 spiro atoms. The summed E-state index contributed by atoms with van der Waals surface area (Å²) in [6.07, 6.45) is 3.78. The van der Waals surface area contributed by atoms with Crippen LogP contribution in [0.15, 0.2) is 51.2 Å². The van der Waals surface area contributed by atoms with Gasteiger partial charge < -0.3 is 9.42 Å². The molecule has 152 valence electrons. The third-order valence-electron chi connectivity index (χ3n) is 5.07. The van der Waals surface area contributed by atoms with E-state index in [0.717, 1.165) is 56.0 Å². The molecule has 0 atom stereocenters. The Kier molecular flexibility index (Phi) is 6.63. The molecule has 2 aromatic heterocycles. The molecule has 0 radical (unpaired) electrons. The molecule has 3 heterocycles. The third kappa shape index (κ3) is 5.07. The van der Waals surface area contributed by atoms with Crippen molar-refractivity contribution in [3.05, 3.63) is 53.2 Å². The van der Waals surface area contributed by atoms with Crippen LogP contribution in [0.4, 0.5) is 0 Å². The number of carbonyl (C=O) groups excluding carboxylic acids is 1. The number of amides is 1. The van der Waals surface area contributed by atoms with Gasteiger partial charge in [-0.2, -0.15) is 4.98 Å². The van der Waals surface area contributed by atoms with Crippen molar-refractivity contribution in [3.63, 3.8) is 0 Å². The highest BCUT2D eigenvalue weighted by Crippen LogP contribution is 2.21. The monoisotopic (exact) mass is 428 g/mol. The minimum Gasteiger partial charge on any atom is -0.339 e. The van der Waals surface area contributed by atoms with Gasteiger partial charge in [-0.15, -0.1) is 23.1 Å². The van der Waals surface area contributed by atoms with Gasteiger partial charge in [0.2, 0.25) is 11.7 Å². The van der Waals surface area contributed by atoms with Crippen LogP contribution in [-0.4, -0.2) is 64.8 Å². The van der Waals surface area contributed by atoms with Crippen molar-refractivity contribution in [3.8, 4) is 10.7 Å². The minimum atomic E-state index is 0.129. The van der Waals surface area contributed by atoms with Crippen molar-refractivity contribution in [2.24, 2.45) is 0 Å². The molecule has 1 aliphatic heterocycles. The number of aryl methyl sites for hydroxylation is 1. The summed E-state index contributed by atoms with van der Waals surface area (Å²) in [5.74, 6) is 1.49. The Bertz CT molecular complexity index is 917. The molecular weight excluding hydrogens is 404 g/mol. The van der Waals surface area contributed by atoms with Gasteiger partial charge in [-0.1, -0.05) is 11.2 Å². The zero-order valence-electron chi connectivity index (χ0n) is 16.4. The van der Waals surface area contributed by atoms with E-state index >= 15 is 0 Å². The molecule has 3 aromatic rings. The SMILES string of the molecule is CSc1ccc(C(=O)N2CCN(CCCc3nc(-c4cccs4)no3)CC2)cc1. The molecule has 0 aliphatic carbocycles. The summed E-state index contributed by atoms with van der Waals surface area (Å²) in [6.45, 7) is 4.32. The van der Waals surface area contributed by atoms with E-state index in [4.69, 9.17) is 4.52 Å². The van der Waals surface area contributed by atoms with E-state index in [-0.39, 0.29) is 5.91 Å². The highest BCUT2D eigenvalue weighted by atomic mass is 32.2. The normalized spacial score (nSPS) is 15.0. The number of hydrogen-bond acceptors (Lipinski definition) is 7. The van der Waals surface area contributed by atoms with Crippen molar-refractivity contribution < 1.29 is 9.32 Å². The molecule has 29 heavy (non-hydrogen) atoms. The Balaban J connectivity index is 1.20. The first-order valence-corrected chi connectivity index (χ1v) is 11.9. The summed E-state index contributed by atoms with van der Waals surface area (Å²) in [7, 11) is 0. The number of thiophene rings is 1. The Morgan fingerprint density at radius 3 is 2.66 bits per heavy atom. The number of nitrogens with zero attached hydrogens (tertiary/aromatic N) is 4. The first-order chi connectivity index (χ1) is 14.2. The fraction of sp³-hybridized carbons (Fsp3) is 0.381. The molecule has 1 aromatic carbocycles. The van der Waals surface area contributed by atoms with Crippen LogP contribution in [0.5, 0.6) is 0 Å². The number of benzene rings is 1. The van der Waals surface area contributed by atoms with E-state index in [1.807, 2.05) is 52.9 Å². The van der Waals surface area contributed by atoms with Crippen LogP contribution >= 0.6 is 23.1 Å². The maximum Gasteiger partial charge on any atom is 0.253 e. The van der Waals surface area contributed by atoms with Crippen molar-refractivity contribution in [1.82, 2.24) is 19.9 Å². The second-order valence-electron chi connectivity index (χ2n) is 6.95. The Morgan fingerprint density at radius 1 is 1.17 bits per heavy atom. The van der Waals surface area contributed by atoms with E-state index in [1.54, 1.807) is 23.1 Å². The first kappa shape index (κ1) is 20.1. The minimum absolute atomic E-state index is 0.129. The van der Waals surface area contributed by atoms with Crippen molar-refractivity contribution >= 4 is 29.0 Å². The molecule has 0 N–H and O–H groups in total. The Hall–Kier alpha value is -2.16. The lowest BCUT2D eigenvalue weighted by atomic mass is 10.1. The number of thioether (sulfide) groups is 1. The van der Waals surface area contributed by atoms with Gasteiger partial charge in [0, 0.05) is 43.1 Å². The lowest BCUT2D eigenvalue weighted by molar-refractivity contribution is 0.0635. The lowest BCUT2D eigenvalue weighted by Crippen LogP contribution is -2.48. The summed E-state index contributed by atoms with van der Waals surface area (Å²) in [6, 6.07) is 11.9. The molecule has 0 saturated carbocycles. The third-order valence-corrected chi connectivity index (χ3v) is 6.68. The van der Waals surface area contributed by atoms with Crippen LogP contribution in [0.2, 0.25) is 0 Å². The van der Waals surface area contributed by atoms with Crippen LogP contribution in [0, 0.1) is 0 Å². The fourth-order valence-electron chi connectivity index (χ4n) is 3.41. The molecule has 8 heteroatoms. The zero-order valence-corrected chi connectivity index (χ0v) is 18.0. The van der Waals surface area contributed by atoms with Gasteiger partial charge in [0.05, 0.1) is 4.88 Å². The summed E-state index contributed by atoms with van der Waals surface area (Å²) < 4.78 is 5.36. The van der Waals surface area contributed by atoms with E-state index < -0.39 is 0 Å². The van der Waals surface area contributed by atoms with Crippen molar-refractivity contribution in [2.75, 3.05) is 39.0 Å². The van der Waals surface area contributed by atoms with Crippen LogP contribution in [0.3, 0.4) is 0 Å². The molecule has 0 unspecified atom stereocenters. The molecule has 0 bridgehead atoms. The van der Waals surface area contributed by atoms with Gasteiger partial charge in [-0.05, 0) is 54.9 Å². The maximum absolute atomic E-state index is 12.7. The molecule has 1 amide bonds. The highest BCUT2D eigenvalue weighted by molar-refractivity contribution is 7.98. The average molecular weight is 429 g/mol. The fourth-order valence-corrected chi connectivity index (χ4v) is 4.46. The summed E-state index contributed by atoms with van der Waals surface area (Å²) in [4.78, 5) is 23.7. The number of carbonyl (C=O) groups is 1. The molecule has 4 rings (SSSR count). The van der Waals surface area contributed by atoms with E-state index in [0.29, 0.717) is 11.7 Å². The molecule has 6 nitrogen and oxygen atoms in total. The predicted molar refractivity (Wildman–Crippen MR) is 116 cm³/mol. The van der Waals surface area contributed by atoms with E-state index in [2.05, 4.69) is 15.0 Å². The van der Waals surface area contributed by atoms with Gasteiger partial charge in [0.15, 0.2) is 0 Å². The molecule has 1 aliphatic rings. The van der Waals surface area contributed by atoms with Gasteiger partial charge in [0.1, 0.15) is 0 Å². The van der Waals surface area contributed by atoms with Crippen molar-refractivity contribution in [1.29, 1.82) is 0 Å². The second kappa shape index (κ2) is 9.56. The maximum atomic E-state index is 12.7. The standard InChI is InChI=1S/C21H24N4O2S2/c1-28-17-8-6-16(7-9-17)21(26)25-13-11-24(12-14-25)10-2-5-19-22-20(23-27-19)18-4-3-15-29-18/h3-4,6-9,15H,2,5,10-14H2,1H3. The summed E-state index contributed by atoms with van der Waals surface area (Å²) in [5.41, 5.74) is 0.772. The molecule has 1 fully saturated rings. The van der Waals surface area contributed by atoms with Crippen LogP contribution in [0.1, 0.15) is 22.7 Å². The van der Waals surface area contributed by atoms with Gasteiger partial charge in [0.25, 0.3) is 5.91 Å². The zero-order chi connectivity index (χ0) is 20.1. The molecule has 1 saturated heterocycles. The van der Waals surface area contributed by atoms with Crippen LogP contribution in [-0.2, 0) is 6.42 Å². The van der Waals surface area contributed by atoms with Gasteiger partial charge in [-0.3, -0.25) is 9.69 Å².